The molecule has 2 nitrogen and oxygen atoms in total. The van der Waals surface area contributed by atoms with Crippen molar-refractivity contribution in [3.8, 4) is 22.9 Å². The van der Waals surface area contributed by atoms with E-state index in [1.807, 2.05) is 25.1 Å². The van der Waals surface area contributed by atoms with Crippen LogP contribution in [0.4, 0.5) is 0 Å². The van der Waals surface area contributed by atoms with Crippen molar-refractivity contribution in [1.29, 1.82) is 5.26 Å². The van der Waals surface area contributed by atoms with Crippen LogP contribution in [0, 0.1) is 18.3 Å². The van der Waals surface area contributed by atoms with Crippen LogP contribution in [0.5, 0.6) is 5.75 Å². The van der Waals surface area contributed by atoms with E-state index in [4.69, 9.17) is 16.9 Å². The molecule has 0 amide bonds. The minimum atomic E-state index is 0.267. The van der Waals surface area contributed by atoms with Crippen molar-refractivity contribution < 1.29 is 5.11 Å². The standard InChI is InChI=1S/C14H10ClNO/c1-9-6-10(3-5-14(9)17)11-2-4-13(15)12(7-11)8-16/h2-7,17H,1H3. The van der Waals surface area contributed by atoms with Crippen LogP contribution in [0.3, 0.4) is 0 Å². The van der Waals surface area contributed by atoms with E-state index in [0.717, 1.165) is 16.7 Å². The Morgan fingerprint density at radius 3 is 2.41 bits per heavy atom. The van der Waals surface area contributed by atoms with Gasteiger partial charge in [-0.1, -0.05) is 23.7 Å². The number of hydrogen-bond donors (Lipinski definition) is 1. The highest BCUT2D eigenvalue weighted by atomic mass is 35.5. The maximum absolute atomic E-state index is 9.46. The van der Waals surface area contributed by atoms with Crippen molar-refractivity contribution in [3.63, 3.8) is 0 Å². The normalized spacial score (nSPS) is 9.94. The molecule has 84 valence electrons. The van der Waals surface area contributed by atoms with Gasteiger partial charge in [-0.3, -0.25) is 0 Å². The molecule has 0 saturated heterocycles. The molecule has 0 fully saturated rings. The number of aromatic hydroxyl groups is 1. The van der Waals surface area contributed by atoms with Crippen LogP contribution in [-0.4, -0.2) is 5.11 Å². The van der Waals surface area contributed by atoms with Gasteiger partial charge in [0.05, 0.1) is 10.6 Å². The summed E-state index contributed by atoms with van der Waals surface area (Å²) < 4.78 is 0. The fourth-order valence-corrected chi connectivity index (χ4v) is 1.79. The van der Waals surface area contributed by atoms with Crippen LogP contribution in [-0.2, 0) is 0 Å². The van der Waals surface area contributed by atoms with Gasteiger partial charge in [0.15, 0.2) is 0 Å². The Kier molecular flexibility index (Phi) is 3.03. The van der Waals surface area contributed by atoms with Crippen LogP contribution < -0.4 is 0 Å². The Labute approximate surface area is 105 Å². The maximum atomic E-state index is 9.46. The highest BCUT2D eigenvalue weighted by Gasteiger charge is 2.05. The summed E-state index contributed by atoms with van der Waals surface area (Å²) in [4.78, 5) is 0. The van der Waals surface area contributed by atoms with Crippen LogP contribution in [0.25, 0.3) is 11.1 Å². The van der Waals surface area contributed by atoms with Crippen molar-refractivity contribution in [1.82, 2.24) is 0 Å². The third-order valence-corrected chi connectivity index (χ3v) is 2.95. The molecule has 0 unspecified atom stereocenters. The van der Waals surface area contributed by atoms with Gasteiger partial charge in [-0.2, -0.15) is 5.26 Å². The number of benzene rings is 2. The molecule has 0 atom stereocenters. The van der Waals surface area contributed by atoms with Gasteiger partial charge in [-0.05, 0) is 47.9 Å². The lowest BCUT2D eigenvalue weighted by Crippen LogP contribution is -1.83. The van der Waals surface area contributed by atoms with Crippen LogP contribution in [0.1, 0.15) is 11.1 Å². The van der Waals surface area contributed by atoms with E-state index in [-0.39, 0.29) is 5.75 Å². The number of phenols is 1. The van der Waals surface area contributed by atoms with Gasteiger partial charge in [0.1, 0.15) is 11.8 Å². The third kappa shape index (κ3) is 2.25. The Hall–Kier alpha value is -1.98. The predicted octanol–water partition coefficient (Wildman–Crippen LogP) is 3.89. The molecule has 0 saturated carbocycles. The predicted molar refractivity (Wildman–Crippen MR) is 68.0 cm³/mol. The molecule has 2 aromatic rings. The highest BCUT2D eigenvalue weighted by molar-refractivity contribution is 6.31. The summed E-state index contributed by atoms with van der Waals surface area (Å²) >= 11 is 5.88. The molecule has 0 radical (unpaired) electrons. The summed E-state index contributed by atoms with van der Waals surface area (Å²) in [5, 5.41) is 18.8. The number of hydrogen-bond acceptors (Lipinski definition) is 2. The first-order chi connectivity index (χ1) is 8.11. The van der Waals surface area contributed by atoms with Crippen LogP contribution in [0.15, 0.2) is 36.4 Å². The summed E-state index contributed by atoms with van der Waals surface area (Å²) in [5.41, 5.74) is 3.12. The minimum Gasteiger partial charge on any atom is -0.508 e. The summed E-state index contributed by atoms with van der Waals surface area (Å²) in [6.07, 6.45) is 0. The van der Waals surface area contributed by atoms with Gasteiger partial charge >= 0.3 is 0 Å². The maximum Gasteiger partial charge on any atom is 0.118 e. The van der Waals surface area contributed by atoms with Gasteiger partial charge in [0.25, 0.3) is 0 Å². The van der Waals surface area contributed by atoms with Crippen molar-refractivity contribution >= 4 is 11.6 Å². The number of rotatable bonds is 1. The molecule has 3 heteroatoms. The van der Waals surface area contributed by atoms with Gasteiger partial charge in [0.2, 0.25) is 0 Å². The van der Waals surface area contributed by atoms with Gasteiger partial charge in [-0.15, -0.1) is 0 Å². The first-order valence-electron chi connectivity index (χ1n) is 5.11. The highest BCUT2D eigenvalue weighted by Crippen LogP contribution is 2.28. The third-order valence-electron chi connectivity index (χ3n) is 2.62. The SMILES string of the molecule is Cc1cc(-c2ccc(Cl)c(C#N)c2)ccc1O. The Balaban J connectivity index is 2.54. The largest absolute Gasteiger partial charge is 0.508 e. The number of aryl methyl sites for hydroxylation is 1. The first kappa shape index (κ1) is 11.5. The summed E-state index contributed by atoms with van der Waals surface area (Å²) in [5.74, 6) is 0.267. The Bertz CT molecular complexity index is 614. The second-order valence-corrected chi connectivity index (χ2v) is 4.21. The molecule has 2 aromatic carbocycles. The fourth-order valence-electron chi connectivity index (χ4n) is 1.63. The molecule has 0 spiro atoms. The van der Waals surface area contributed by atoms with Gasteiger partial charge in [0, 0.05) is 0 Å². The molecule has 0 aliphatic carbocycles. The molecule has 0 aliphatic heterocycles. The second-order valence-electron chi connectivity index (χ2n) is 3.81. The van der Waals surface area contributed by atoms with E-state index in [2.05, 4.69) is 6.07 Å². The number of nitrogens with zero attached hydrogens (tertiary/aromatic N) is 1. The topological polar surface area (TPSA) is 44.0 Å². The van der Waals surface area contributed by atoms with E-state index in [1.54, 1.807) is 18.2 Å². The van der Waals surface area contributed by atoms with Crippen LogP contribution in [0.2, 0.25) is 5.02 Å². The van der Waals surface area contributed by atoms with Crippen molar-refractivity contribution in [2.45, 2.75) is 6.92 Å². The lowest BCUT2D eigenvalue weighted by atomic mass is 10.0. The number of phenolic OH excluding ortho intramolecular Hbond substituents is 1. The molecular formula is C14H10ClNO. The molecular weight excluding hydrogens is 234 g/mol. The second kappa shape index (κ2) is 4.48. The Morgan fingerprint density at radius 2 is 1.76 bits per heavy atom. The average molecular weight is 244 g/mol. The average Bonchev–Trinajstić information content (AvgIpc) is 2.33. The molecule has 0 aromatic heterocycles. The van der Waals surface area contributed by atoms with E-state index >= 15 is 0 Å². The van der Waals surface area contributed by atoms with Gasteiger partial charge in [-0.25, -0.2) is 0 Å². The Morgan fingerprint density at radius 1 is 1.12 bits per heavy atom. The first-order valence-corrected chi connectivity index (χ1v) is 5.49. The van der Waals surface area contributed by atoms with Crippen molar-refractivity contribution in [3.05, 3.63) is 52.5 Å². The van der Waals surface area contributed by atoms with Crippen LogP contribution >= 0.6 is 11.6 Å². The van der Waals surface area contributed by atoms with E-state index in [9.17, 15) is 5.11 Å². The quantitative estimate of drug-likeness (QED) is 0.826. The number of nitriles is 1. The minimum absolute atomic E-state index is 0.267. The van der Waals surface area contributed by atoms with E-state index in [1.165, 1.54) is 0 Å². The monoisotopic (exact) mass is 243 g/mol. The van der Waals surface area contributed by atoms with Crippen molar-refractivity contribution in [2.75, 3.05) is 0 Å². The molecule has 0 aliphatic rings. The lowest BCUT2D eigenvalue weighted by Gasteiger charge is -2.05. The van der Waals surface area contributed by atoms with Crippen molar-refractivity contribution in [2.24, 2.45) is 0 Å². The number of halogens is 1. The smallest absolute Gasteiger partial charge is 0.118 e. The fraction of sp³-hybridized carbons (Fsp3) is 0.0714. The molecule has 0 heterocycles. The lowest BCUT2D eigenvalue weighted by molar-refractivity contribution is 0.471. The summed E-state index contributed by atoms with van der Waals surface area (Å²) in [6, 6.07) is 12.7. The van der Waals surface area contributed by atoms with Gasteiger partial charge < -0.3 is 5.11 Å². The van der Waals surface area contributed by atoms with E-state index in [0.29, 0.717) is 10.6 Å². The molecule has 2 rings (SSSR count). The van der Waals surface area contributed by atoms with E-state index < -0.39 is 0 Å². The summed E-state index contributed by atoms with van der Waals surface area (Å²) in [7, 11) is 0. The summed E-state index contributed by atoms with van der Waals surface area (Å²) in [6.45, 7) is 1.83. The molecule has 0 bridgehead atoms. The zero-order valence-electron chi connectivity index (χ0n) is 9.24. The molecule has 1 N–H and O–H groups in total. The zero-order valence-corrected chi connectivity index (χ0v) is 9.99. The zero-order chi connectivity index (χ0) is 12.4. The molecule has 17 heavy (non-hydrogen) atoms.